The third-order valence-electron chi connectivity index (χ3n) is 4.31. The Labute approximate surface area is 137 Å². The maximum absolute atomic E-state index is 11.8. The number of urea groups is 1. The van der Waals surface area contributed by atoms with Gasteiger partial charge in [0.2, 0.25) is 10.0 Å². The number of nitrogens with one attached hydrogen (secondary N) is 2. The molecule has 0 aromatic heterocycles. The highest BCUT2D eigenvalue weighted by Crippen LogP contribution is 2.48. The molecule has 1 fully saturated rings. The van der Waals surface area contributed by atoms with Crippen LogP contribution in [0.3, 0.4) is 0 Å². The molecule has 23 heavy (non-hydrogen) atoms. The highest BCUT2D eigenvalue weighted by molar-refractivity contribution is 7.89. The minimum absolute atomic E-state index is 0.0950. The van der Waals surface area contributed by atoms with E-state index in [0.717, 1.165) is 18.5 Å². The van der Waals surface area contributed by atoms with Crippen LogP contribution < -0.4 is 15.8 Å². The van der Waals surface area contributed by atoms with Gasteiger partial charge in [-0.15, -0.1) is 0 Å². The standard InChI is InChI=1S/C16H25N3O3S/c1-2-8-16(9-10-16)12-19-15(20)18-11-7-13-3-5-14(6-4-13)23(17,21)22/h3-6H,2,7-12H2,1H3,(H2,17,21,22)(H2,18,19,20). The third kappa shape index (κ3) is 5.51. The summed E-state index contributed by atoms with van der Waals surface area (Å²) >= 11 is 0. The maximum atomic E-state index is 11.8. The number of carbonyl (C=O) groups is 1. The first-order valence-corrected chi connectivity index (χ1v) is 9.53. The molecule has 0 heterocycles. The molecule has 0 aliphatic heterocycles. The van der Waals surface area contributed by atoms with Gasteiger partial charge in [0.25, 0.3) is 0 Å². The number of carbonyl (C=O) groups excluding carboxylic acids is 1. The van der Waals surface area contributed by atoms with E-state index in [1.807, 2.05) is 0 Å². The Bertz CT molecular complexity index is 637. The van der Waals surface area contributed by atoms with E-state index in [4.69, 9.17) is 5.14 Å². The molecule has 0 atom stereocenters. The van der Waals surface area contributed by atoms with Crippen molar-refractivity contribution in [3.8, 4) is 0 Å². The summed E-state index contributed by atoms with van der Waals surface area (Å²) in [6.07, 6.45) is 5.37. The highest BCUT2D eigenvalue weighted by atomic mass is 32.2. The maximum Gasteiger partial charge on any atom is 0.314 e. The van der Waals surface area contributed by atoms with E-state index in [-0.39, 0.29) is 10.9 Å². The quantitative estimate of drug-likeness (QED) is 0.672. The number of sulfonamides is 1. The first-order chi connectivity index (χ1) is 10.8. The zero-order valence-corrected chi connectivity index (χ0v) is 14.3. The van der Waals surface area contributed by atoms with Crippen LogP contribution in [0.25, 0.3) is 0 Å². The fourth-order valence-corrected chi connectivity index (χ4v) is 3.23. The van der Waals surface area contributed by atoms with E-state index in [2.05, 4.69) is 17.6 Å². The first kappa shape index (κ1) is 17.7. The Morgan fingerprint density at radius 1 is 1.22 bits per heavy atom. The first-order valence-electron chi connectivity index (χ1n) is 7.98. The zero-order chi connectivity index (χ0) is 16.9. The van der Waals surface area contributed by atoms with Gasteiger partial charge in [0.1, 0.15) is 0 Å². The number of amides is 2. The summed E-state index contributed by atoms with van der Waals surface area (Å²) in [6, 6.07) is 6.23. The van der Waals surface area contributed by atoms with Gasteiger partial charge in [0.15, 0.2) is 0 Å². The molecule has 1 aromatic carbocycles. The van der Waals surface area contributed by atoms with Crippen LogP contribution in [0.2, 0.25) is 0 Å². The molecule has 0 spiro atoms. The van der Waals surface area contributed by atoms with Gasteiger partial charge in [-0.3, -0.25) is 0 Å². The van der Waals surface area contributed by atoms with Gasteiger partial charge >= 0.3 is 6.03 Å². The molecule has 2 amide bonds. The predicted octanol–water partition coefficient (Wildman–Crippen LogP) is 1.76. The normalized spacial score (nSPS) is 15.9. The van der Waals surface area contributed by atoms with E-state index in [1.54, 1.807) is 12.1 Å². The van der Waals surface area contributed by atoms with Crippen molar-refractivity contribution in [2.45, 2.75) is 43.9 Å². The van der Waals surface area contributed by atoms with Gasteiger partial charge in [-0.25, -0.2) is 18.4 Å². The van der Waals surface area contributed by atoms with Crippen molar-refractivity contribution in [2.75, 3.05) is 13.1 Å². The Morgan fingerprint density at radius 2 is 1.87 bits per heavy atom. The molecule has 1 saturated carbocycles. The zero-order valence-electron chi connectivity index (χ0n) is 13.5. The van der Waals surface area contributed by atoms with Crippen LogP contribution >= 0.6 is 0 Å². The lowest BCUT2D eigenvalue weighted by Crippen LogP contribution is -2.39. The Hall–Kier alpha value is -1.60. The fourth-order valence-electron chi connectivity index (χ4n) is 2.72. The van der Waals surface area contributed by atoms with Gasteiger partial charge in [-0.05, 0) is 48.8 Å². The summed E-state index contributed by atoms with van der Waals surface area (Å²) < 4.78 is 22.3. The van der Waals surface area contributed by atoms with E-state index in [0.29, 0.717) is 18.4 Å². The summed E-state index contributed by atoms with van der Waals surface area (Å²) in [6.45, 7) is 3.42. The van der Waals surface area contributed by atoms with Gasteiger partial charge in [0.05, 0.1) is 4.90 Å². The SMILES string of the molecule is CCCC1(CNC(=O)NCCc2ccc(S(N)(=O)=O)cc2)CC1. The van der Waals surface area contributed by atoms with Crippen molar-refractivity contribution in [2.24, 2.45) is 10.6 Å². The molecule has 0 unspecified atom stereocenters. The topological polar surface area (TPSA) is 101 Å². The Morgan fingerprint density at radius 3 is 2.39 bits per heavy atom. The molecule has 4 N–H and O–H groups in total. The number of benzene rings is 1. The molecule has 0 bridgehead atoms. The molecular formula is C16H25N3O3S. The summed E-state index contributed by atoms with van der Waals surface area (Å²) in [5, 5.41) is 10.8. The lowest BCUT2D eigenvalue weighted by molar-refractivity contribution is 0.237. The van der Waals surface area contributed by atoms with Gasteiger partial charge in [-0.1, -0.05) is 25.5 Å². The van der Waals surface area contributed by atoms with E-state index in [9.17, 15) is 13.2 Å². The van der Waals surface area contributed by atoms with Crippen molar-refractivity contribution in [3.05, 3.63) is 29.8 Å². The molecular weight excluding hydrogens is 314 g/mol. The van der Waals surface area contributed by atoms with Crippen LogP contribution in [-0.4, -0.2) is 27.5 Å². The predicted molar refractivity (Wildman–Crippen MR) is 89.5 cm³/mol. The van der Waals surface area contributed by atoms with Crippen molar-refractivity contribution in [3.63, 3.8) is 0 Å². The van der Waals surface area contributed by atoms with Gasteiger partial charge < -0.3 is 10.6 Å². The van der Waals surface area contributed by atoms with Crippen LogP contribution in [0.5, 0.6) is 0 Å². The summed E-state index contributed by atoms with van der Waals surface area (Å²) in [7, 11) is -3.65. The number of nitrogens with two attached hydrogens (primary N) is 1. The number of rotatable bonds is 8. The average molecular weight is 339 g/mol. The second-order valence-electron chi connectivity index (χ2n) is 6.30. The fraction of sp³-hybridized carbons (Fsp3) is 0.562. The molecule has 1 aliphatic carbocycles. The van der Waals surface area contributed by atoms with Crippen LogP contribution in [0.1, 0.15) is 38.2 Å². The van der Waals surface area contributed by atoms with E-state index < -0.39 is 10.0 Å². The Kier molecular flexibility index (Phi) is 5.64. The van der Waals surface area contributed by atoms with Gasteiger partial charge in [-0.2, -0.15) is 0 Å². The molecule has 0 saturated heterocycles. The van der Waals surface area contributed by atoms with E-state index >= 15 is 0 Å². The second-order valence-corrected chi connectivity index (χ2v) is 7.86. The highest BCUT2D eigenvalue weighted by Gasteiger charge is 2.41. The van der Waals surface area contributed by atoms with Crippen LogP contribution in [-0.2, 0) is 16.4 Å². The van der Waals surface area contributed by atoms with Crippen molar-refractivity contribution < 1.29 is 13.2 Å². The summed E-state index contributed by atoms with van der Waals surface area (Å²) in [4.78, 5) is 11.9. The lowest BCUT2D eigenvalue weighted by atomic mass is 10.0. The second kappa shape index (κ2) is 7.31. The smallest absolute Gasteiger partial charge is 0.314 e. The number of hydrogen-bond acceptors (Lipinski definition) is 3. The largest absolute Gasteiger partial charge is 0.338 e. The Balaban J connectivity index is 1.69. The molecule has 128 valence electrons. The van der Waals surface area contributed by atoms with Crippen LogP contribution in [0.15, 0.2) is 29.2 Å². The van der Waals surface area contributed by atoms with Crippen molar-refractivity contribution in [1.29, 1.82) is 0 Å². The molecule has 1 aromatic rings. The monoisotopic (exact) mass is 339 g/mol. The molecule has 2 rings (SSSR count). The third-order valence-corrected chi connectivity index (χ3v) is 5.24. The molecule has 6 nitrogen and oxygen atoms in total. The summed E-state index contributed by atoms with van der Waals surface area (Å²) in [5.41, 5.74) is 1.29. The average Bonchev–Trinajstić information content (AvgIpc) is 3.25. The minimum Gasteiger partial charge on any atom is -0.338 e. The lowest BCUT2D eigenvalue weighted by Gasteiger charge is -2.15. The number of primary sulfonamides is 1. The van der Waals surface area contributed by atoms with Crippen molar-refractivity contribution >= 4 is 16.1 Å². The van der Waals surface area contributed by atoms with Crippen LogP contribution in [0.4, 0.5) is 4.79 Å². The van der Waals surface area contributed by atoms with Gasteiger partial charge in [0, 0.05) is 13.1 Å². The van der Waals surface area contributed by atoms with Crippen LogP contribution in [0, 0.1) is 5.41 Å². The molecule has 7 heteroatoms. The molecule has 1 aliphatic rings. The summed E-state index contributed by atoms with van der Waals surface area (Å²) in [5.74, 6) is 0. The number of hydrogen-bond donors (Lipinski definition) is 3. The minimum atomic E-state index is -3.65. The molecule has 0 radical (unpaired) electrons. The van der Waals surface area contributed by atoms with E-state index in [1.165, 1.54) is 31.4 Å². The van der Waals surface area contributed by atoms with Crippen molar-refractivity contribution in [1.82, 2.24) is 10.6 Å².